The molecule has 9 heteroatoms. The van der Waals surface area contributed by atoms with Crippen LogP contribution >= 0.6 is 0 Å². The van der Waals surface area contributed by atoms with Crippen LogP contribution in [0.2, 0.25) is 0 Å². The highest BCUT2D eigenvalue weighted by atomic mass is 32.2. The summed E-state index contributed by atoms with van der Waals surface area (Å²) in [5, 5.41) is 3.07. The molecule has 0 unspecified atom stereocenters. The minimum Gasteiger partial charge on any atom is -0.370 e. The van der Waals surface area contributed by atoms with Gasteiger partial charge >= 0.3 is 0 Å². The normalized spacial score (nSPS) is 17.7. The van der Waals surface area contributed by atoms with E-state index in [0.717, 1.165) is 24.3 Å². The predicted octanol–water partition coefficient (Wildman–Crippen LogP) is 1.45. The number of rotatable bonds is 6. The fourth-order valence-electron chi connectivity index (χ4n) is 3.98. The molecule has 1 fully saturated rings. The first-order valence-electron chi connectivity index (χ1n) is 10.3. The van der Waals surface area contributed by atoms with E-state index in [4.69, 9.17) is 5.73 Å². The highest BCUT2D eigenvalue weighted by Gasteiger charge is 2.27. The van der Waals surface area contributed by atoms with Crippen LogP contribution in [0, 0.1) is 0 Å². The quantitative estimate of drug-likeness (QED) is 0.533. The molecule has 3 N–H and O–H groups in total. The number of fused-ring (bicyclic) bond motifs is 1. The van der Waals surface area contributed by atoms with E-state index in [2.05, 4.69) is 32.3 Å². The topological polar surface area (TPSA) is 104 Å². The SMILES string of the molecule is NC(=NCCS(=O)(=O)N1CCN(c2ccccn2)CC1)Nc1ccc2c(c1)CCC2. The lowest BCUT2D eigenvalue weighted by molar-refractivity contribution is 0.384. The second-order valence-electron chi connectivity index (χ2n) is 7.62. The van der Waals surface area contributed by atoms with Crippen LogP contribution in [0.3, 0.4) is 0 Å². The van der Waals surface area contributed by atoms with Crippen molar-refractivity contribution in [1.82, 2.24) is 9.29 Å². The van der Waals surface area contributed by atoms with E-state index < -0.39 is 10.0 Å². The molecule has 2 heterocycles. The minimum absolute atomic E-state index is 0.0524. The minimum atomic E-state index is -3.37. The van der Waals surface area contributed by atoms with Gasteiger partial charge in [-0.1, -0.05) is 12.1 Å². The molecule has 8 nitrogen and oxygen atoms in total. The standard InChI is InChI=1S/C21H28N6O2S/c22-21(25-19-8-7-17-4-3-5-18(17)16-19)24-10-15-30(28,29)27-13-11-26(12-14-27)20-6-1-2-9-23-20/h1-2,6-9,16H,3-5,10-15H2,(H3,22,24,25). The molecule has 1 aliphatic heterocycles. The molecule has 4 rings (SSSR count). The average molecular weight is 429 g/mol. The van der Waals surface area contributed by atoms with Gasteiger partial charge in [-0.3, -0.25) is 4.99 Å². The van der Waals surface area contributed by atoms with Crippen LogP contribution in [0.5, 0.6) is 0 Å². The molecule has 160 valence electrons. The maximum Gasteiger partial charge on any atom is 0.216 e. The Morgan fingerprint density at radius 1 is 1.10 bits per heavy atom. The highest BCUT2D eigenvalue weighted by molar-refractivity contribution is 7.89. The van der Waals surface area contributed by atoms with Crippen molar-refractivity contribution in [2.24, 2.45) is 10.7 Å². The van der Waals surface area contributed by atoms with Crippen LogP contribution in [0.1, 0.15) is 17.5 Å². The number of aryl methyl sites for hydroxylation is 2. The maximum absolute atomic E-state index is 12.7. The first kappa shape index (κ1) is 20.6. The van der Waals surface area contributed by atoms with Crippen LogP contribution < -0.4 is 16.0 Å². The van der Waals surface area contributed by atoms with Gasteiger partial charge in [0.25, 0.3) is 0 Å². The molecule has 0 bridgehead atoms. The first-order chi connectivity index (χ1) is 14.5. The van der Waals surface area contributed by atoms with E-state index in [0.29, 0.717) is 26.2 Å². The molecule has 0 atom stereocenters. The molecule has 1 aliphatic carbocycles. The third kappa shape index (κ3) is 4.91. The van der Waals surface area contributed by atoms with E-state index in [1.807, 2.05) is 24.3 Å². The van der Waals surface area contributed by atoms with E-state index in [9.17, 15) is 8.42 Å². The van der Waals surface area contributed by atoms with Gasteiger partial charge in [-0.15, -0.1) is 0 Å². The summed E-state index contributed by atoms with van der Waals surface area (Å²) in [5.41, 5.74) is 9.59. The lowest BCUT2D eigenvalue weighted by Crippen LogP contribution is -2.49. The predicted molar refractivity (Wildman–Crippen MR) is 120 cm³/mol. The van der Waals surface area contributed by atoms with Crippen molar-refractivity contribution in [3.63, 3.8) is 0 Å². The number of anilines is 2. The van der Waals surface area contributed by atoms with Crippen LogP contribution in [-0.2, 0) is 22.9 Å². The average Bonchev–Trinajstić information content (AvgIpc) is 3.22. The summed E-state index contributed by atoms with van der Waals surface area (Å²) in [4.78, 5) is 10.6. The second kappa shape index (κ2) is 9.01. The molecular formula is C21H28N6O2S. The summed E-state index contributed by atoms with van der Waals surface area (Å²) in [6.07, 6.45) is 5.16. The van der Waals surface area contributed by atoms with Gasteiger partial charge in [0.15, 0.2) is 5.96 Å². The molecule has 0 spiro atoms. The molecule has 2 aliphatic rings. The van der Waals surface area contributed by atoms with Gasteiger partial charge in [-0.2, -0.15) is 4.31 Å². The summed E-state index contributed by atoms with van der Waals surface area (Å²) in [6.45, 7) is 2.28. The van der Waals surface area contributed by atoms with Gasteiger partial charge < -0.3 is 16.0 Å². The van der Waals surface area contributed by atoms with Gasteiger partial charge in [0.05, 0.1) is 12.3 Å². The Bertz CT molecular complexity index is 1000. The zero-order chi connectivity index (χ0) is 21.0. The monoisotopic (exact) mass is 428 g/mol. The number of nitrogens with zero attached hydrogens (tertiary/aromatic N) is 4. The van der Waals surface area contributed by atoms with Crippen molar-refractivity contribution in [3.05, 3.63) is 53.7 Å². The van der Waals surface area contributed by atoms with Crippen molar-refractivity contribution in [2.45, 2.75) is 19.3 Å². The molecule has 0 amide bonds. The van der Waals surface area contributed by atoms with Crippen LogP contribution in [-0.4, -0.2) is 62.1 Å². The number of hydrogen-bond acceptors (Lipinski definition) is 5. The van der Waals surface area contributed by atoms with Gasteiger partial charge in [0, 0.05) is 38.1 Å². The van der Waals surface area contributed by atoms with E-state index in [1.165, 1.54) is 21.9 Å². The lowest BCUT2D eigenvalue weighted by atomic mass is 10.1. The Kier molecular flexibility index (Phi) is 6.19. The number of aliphatic imine (C=N–C) groups is 1. The Hall–Kier alpha value is -2.65. The summed E-state index contributed by atoms with van der Waals surface area (Å²) >= 11 is 0. The molecular weight excluding hydrogens is 400 g/mol. The van der Waals surface area contributed by atoms with Crippen LogP contribution in [0.25, 0.3) is 0 Å². The molecule has 1 aromatic carbocycles. The van der Waals surface area contributed by atoms with Crippen molar-refractivity contribution in [3.8, 4) is 0 Å². The highest BCUT2D eigenvalue weighted by Crippen LogP contribution is 2.24. The number of guanidine groups is 1. The van der Waals surface area contributed by atoms with Gasteiger partial charge in [-0.05, 0) is 54.7 Å². The molecule has 30 heavy (non-hydrogen) atoms. The Morgan fingerprint density at radius 2 is 1.90 bits per heavy atom. The zero-order valence-electron chi connectivity index (χ0n) is 17.0. The van der Waals surface area contributed by atoms with Crippen molar-refractivity contribution < 1.29 is 8.42 Å². The number of nitrogens with one attached hydrogen (secondary N) is 1. The number of aromatic nitrogens is 1. The summed E-state index contributed by atoms with van der Waals surface area (Å²) in [7, 11) is -3.37. The summed E-state index contributed by atoms with van der Waals surface area (Å²) < 4.78 is 26.8. The third-order valence-corrected chi connectivity index (χ3v) is 7.46. The number of nitrogens with two attached hydrogens (primary N) is 1. The van der Waals surface area contributed by atoms with E-state index in [-0.39, 0.29) is 18.3 Å². The van der Waals surface area contributed by atoms with E-state index in [1.54, 1.807) is 6.20 Å². The smallest absolute Gasteiger partial charge is 0.216 e. The zero-order valence-corrected chi connectivity index (χ0v) is 17.8. The van der Waals surface area contributed by atoms with Crippen molar-refractivity contribution in [1.29, 1.82) is 0 Å². The molecule has 1 saturated heterocycles. The second-order valence-corrected chi connectivity index (χ2v) is 9.71. The molecule has 0 saturated carbocycles. The fraction of sp³-hybridized carbons (Fsp3) is 0.429. The van der Waals surface area contributed by atoms with E-state index >= 15 is 0 Å². The third-order valence-electron chi connectivity index (χ3n) is 5.61. The van der Waals surface area contributed by atoms with Gasteiger partial charge in [-0.25, -0.2) is 13.4 Å². The van der Waals surface area contributed by atoms with Gasteiger partial charge in [0.2, 0.25) is 10.0 Å². The lowest BCUT2D eigenvalue weighted by Gasteiger charge is -2.34. The van der Waals surface area contributed by atoms with Gasteiger partial charge in [0.1, 0.15) is 5.82 Å². The number of pyridine rings is 1. The largest absolute Gasteiger partial charge is 0.370 e. The molecule has 0 radical (unpaired) electrons. The number of piperazine rings is 1. The Morgan fingerprint density at radius 3 is 2.67 bits per heavy atom. The number of hydrogen-bond donors (Lipinski definition) is 2. The Balaban J connectivity index is 1.26. The first-order valence-corrected chi connectivity index (χ1v) is 11.9. The van der Waals surface area contributed by atoms with Crippen molar-refractivity contribution >= 4 is 27.5 Å². The number of sulfonamides is 1. The van der Waals surface area contributed by atoms with Crippen LogP contribution in [0.15, 0.2) is 47.6 Å². The number of benzene rings is 1. The molecule has 2 aromatic rings. The Labute approximate surface area is 177 Å². The summed E-state index contributed by atoms with van der Waals surface area (Å²) in [6, 6.07) is 12.0. The summed E-state index contributed by atoms with van der Waals surface area (Å²) in [5.74, 6) is 1.07. The molecule has 1 aromatic heterocycles. The van der Waals surface area contributed by atoms with Crippen LogP contribution in [0.4, 0.5) is 11.5 Å². The maximum atomic E-state index is 12.7. The fourth-order valence-corrected chi connectivity index (χ4v) is 5.28. The van der Waals surface area contributed by atoms with Crippen molar-refractivity contribution in [2.75, 3.05) is 48.7 Å².